The lowest BCUT2D eigenvalue weighted by Crippen LogP contribution is -2.41. The van der Waals surface area contributed by atoms with Gasteiger partial charge in [0.25, 0.3) is 9.05 Å². The van der Waals surface area contributed by atoms with Crippen LogP contribution in [0.3, 0.4) is 0 Å². The van der Waals surface area contributed by atoms with Crippen molar-refractivity contribution in [3.8, 4) is 0 Å². The highest BCUT2D eigenvalue weighted by atomic mass is 35.7. The molecule has 0 fully saturated rings. The summed E-state index contributed by atoms with van der Waals surface area (Å²) in [6, 6.07) is 1.67. The third-order valence-corrected chi connectivity index (χ3v) is 3.38. The minimum Gasteiger partial charge on any atom is -0.321 e. The Kier molecular flexibility index (Phi) is 4.59. The number of alkyl halides is 4. The average molecular weight is 338 g/mol. The minimum atomic E-state index is -4.96. The SMILES string of the molecule is O=C(Nc1ccc(S(=O)(=O)Cl)c(F)c1)C(F)(F)C(F)F. The molecule has 0 aromatic heterocycles. The molecule has 20 heavy (non-hydrogen) atoms. The largest absolute Gasteiger partial charge is 0.383 e. The fourth-order valence-electron chi connectivity index (χ4n) is 1.09. The summed E-state index contributed by atoms with van der Waals surface area (Å²) in [5, 5.41) is 1.34. The number of amides is 1. The smallest absolute Gasteiger partial charge is 0.321 e. The second-order valence-electron chi connectivity index (χ2n) is 3.46. The van der Waals surface area contributed by atoms with E-state index in [1.165, 1.54) is 5.32 Å². The van der Waals surface area contributed by atoms with Crippen LogP contribution in [0.25, 0.3) is 0 Å². The molecule has 0 spiro atoms. The molecular weight excluding hydrogens is 333 g/mol. The maximum atomic E-state index is 13.3. The van der Waals surface area contributed by atoms with Gasteiger partial charge in [0.1, 0.15) is 10.7 Å². The van der Waals surface area contributed by atoms with Crippen LogP contribution in [0, 0.1) is 5.82 Å². The highest BCUT2D eigenvalue weighted by molar-refractivity contribution is 8.13. The van der Waals surface area contributed by atoms with Crippen LogP contribution in [-0.4, -0.2) is 26.7 Å². The van der Waals surface area contributed by atoms with Gasteiger partial charge in [-0.15, -0.1) is 0 Å². The summed E-state index contributed by atoms with van der Waals surface area (Å²) in [7, 11) is 0.458. The first kappa shape index (κ1) is 16.6. The molecule has 0 bridgehead atoms. The molecule has 112 valence electrons. The molecule has 1 N–H and O–H groups in total. The predicted octanol–water partition coefficient (Wildman–Crippen LogP) is 2.59. The number of benzene rings is 1. The first-order valence-electron chi connectivity index (χ1n) is 4.68. The average Bonchev–Trinajstić information content (AvgIpc) is 2.26. The zero-order chi connectivity index (χ0) is 15.7. The van der Waals surface area contributed by atoms with Gasteiger partial charge in [-0.25, -0.2) is 21.6 Å². The van der Waals surface area contributed by atoms with E-state index in [0.717, 1.165) is 6.07 Å². The monoisotopic (exact) mass is 337 g/mol. The summed E-state index contributed by atoms with van der Waals surface area (Å²) < 4.78 is 84.0. The molecule has 0 heterocycles. The van der Waals surface area contributed by atoms with Gasteiger partial charge in [-0.3, -0.25) is 4.79 Å². The van der Waals surface area contributed by atoms with Gasteiger partial charge in [-0.2, -0.15) is 8.78 Å². The molecule has 11 heteroatoms. The van der Waals surface area contributed by atoms with E-state index in [4.69, 9.17) is 10.7 Å². The van der Waals surface area contributed by atoms with Crippen molar-refractivity contribution in [3.05, 3.63) is 24.0 Å². The van der Waals surface area contributed by atoms with Crippen LogP contribution >= 0.6 is 10.7 Å². The molecule has 1 amide bonds. The van der Waals surface area contributed by atoms with Crippen molar-refractivity contribution in [1.29, 1.82) is 0 Å². The van der Waals surface area contributed by atoms with Gasteiger partial charge in [0, 0.05) is 16.4 Å². The number of nitrogens with one attached hydrogen (secondary N) is 1. The molecule has 1 aromatic carbocycles. The molecule has 4 nitrogen and oxygen atoms in total. The molecule has 0 aliphatic rings. The molecule has 0 radical (unpaired) electrons. The topological polar surface area (TPSA) is 63.2 Å². The lowest BCUT2D eigenvalue weighted by molar-refractivity contribution is -0.163. The maximum Gasteiger partial charge on any atom is 0.383 e. The summed E-state index contributed by atoms with van der Waals surface area (Å²) in [4.78, 5) is 9.91. The second-order valence-corrected chi connectivity index (χ2v) is 6.00. The van der Waals surface area contributed by atoms with Crippen molar-refractivity contribution < 1.29 is 35.2 Å². The maximum absolute atomic E-state index is 13.3. The third-order valence-electron chi connectivity index (χ3n) is 2.03. The fourth-order valence-corrected chi connectivity index (χ4v) is 1.99. The highest BCUT2D eigenvalue weighted by Crippen LogP contribution is 2.26. The normalized spacial score (nSPS) is 12.6. The second kappa shape index (κ2) is 5.52. The van der Waals surface area contributed by atoms with Crippen LogP contribution in [0.4, 0.5) is 27.6 Å². The van der Waals surface area contributed by atoms with Gasteiger partial charge in [0.05, 0.1) is 0 Å². The van der Waals surface area contributed by atoms with Crippen molar-refractivity contribution in [1.82, 2.24) is 0 Å². The van der Waals surface area contributed by atoms with E-state index >= 15 is 0 Å². The third kappa shape index (κ3) is 3.57. The van der Waals surface area contributed by atoms with Crippen molar-refractivity contribution >= 4 is 31.3 Å². The summed E-state index contributed by atoms with van der Waals surface area (Å²) in [5.74, 6) is -8.75. The first-order chi connectivity index (χ1) is 8.96. The van der Waals surface area contributed by atoms with Gasteiger partial charge >= 0.3 is 18.3 Å². The van der Waals surface area contributed by atoms with Crippen LogP contribution in [0.1, 0.15) is 0 Å². The molecule has 0 unspecified atom stereocenters. The summed E-state index contributed by atoms with van der Waals surface area (Å²) >= 11 is 0. The first-order valence-corrected chi connectivity index (χ1v) is 6.99. The molecule has 0 aliphatic carbocycles. The van der Waals surface area contributed by atoms with Gasteiger partial charge in [0.2, 0.25) is 0 Å². The Balaban J connectivity index is 3.02. The minimum absolute atomic E-state index is 0.356. The van der Waals surface area contributed by atoms with E-state index in [1.54, 1.807) is 0 Å². The van der Waals surface area contributed by atoms with Gasteiger partial charge in [-0.1, -0.05) is 0 Å². The molecule has 0 saturated heterocycles. The lowest BCUT2D eigenvalue weighted by Gasteiger charge is -2.15. The van der Waals surface area contributed by atoms with Gasteiger partial charge < -0.3 is 5.32 Å². The lowest BCUT2D eigenvalue weighted by atomic mass is 10.2. The van der Waals surface area contributed by atoms with E-state index in [9.17, 15) is 35.2 Å². The Morgan fingerprint density at radius 1 is 1.30 bits per heavy atom. The number of hydrogen-bond donors (Lipinski definition) is 1. The molecule has 0 atom stereocenters. The number of halogens is 6. The van der Waals surface area contributed by atoms with E-state index < -0.39 is 43.7 Å². The number of rotatable bonds is 4. The quantitative estimate of drug-likeness (QED) is 0.678. The molecule has 0 aliphatic heterocycles. The number of anilines is 1. The standard InChI is InChI=1S/C9H5ClF5NO3S/c10-20(18,19)6-2-1-4(3-5(6)11)16-8(17)9(14,15)7(12)13/h1-3,7H,(H,16,17). The summed E-state index contributed by atoms with van der Waals surface area (Å²) in [6.07, 6.45) is -4.24. The van der Waals surface area contributed by atoms with Crippen molar-refractivity contribution in [2.24, 2.45) is 0 Å². The number of carbonyl (C=O) groups excluding carboxylic acids is 1. The van der Waals surface area contributed by atoms with E-state index in [0.29, 0.717) is 12.1 Å². The van der Waals surface area contributed by atoms with Gasteiger partial charge in [0.15, 0.2) is 0 Å². The number of carbonyl (C=O) groups is 1. The zero-order valence-electron chi connectivity index (χ0n) is 9.21. The van der Waals surface area contributed by atoms with Crippen molar-refractivity contribution in [2.75, 3.05) is 5.32 Å². The van der Waals surface area contributed by atoms with E-state index in [-0.39, 0.29) is 0 Å². The number of hydrogen-bond acceptors (Lipinski definition) is 3. The Labute approximate surface area is 113 Å². The molecule has 1 rings (SSSR count). The Bertz CT molecular complexity index is 634. The zero-order valence-corrected chi connectivity index (χ0v) is 10.8. The van der Waals surface area contributed by atoms with Crippen LogP contribution in [-0.2, 0) is 13.8 Å². The van der Waals surface area contributed by atoms with E-state index in [1.807, 2.05) is 0 Å². The van der Waals surface area contributed by atoms with Crippen LogP contribution in [0.15, 0.2) is 23.1 Å². The Hall–Kier alpha value is -1.42. The molecular formula is C9H5ClF5NO3S. The summed E-state index contributed by atoms with van der Waals surface area (Å²) in [6.45, 7) is 0. The van der Waals surface area contributed by atoms with Crippen LogP contribution in [0.5, 0.6) is 0 Å². The Morgan fingerprint density at radius 2 is 1.85 bits per heavy atom. The molecule has 1 aromatic rings. The highest BCUT2D eigenvalue weighted by Gasteiger charge is 2.49. The predicted molar refractivity (Wildman–Crippen MR) is 59.0 cm³/mol. The van der Waals surface area contributed by atoms with Crippen LogP contribution in [0.2, 0.25) is 0 Å². The van der Waals surface area contributed by atoms with Gasteiger partial charge in [-0.05, 0) is 18.2 Å². The van der Waals surface area contributed by atoms with Crippen LogP contribution < -0.4 is 5.32 Å². The fraction of sp³-hybridized carbons (Fsp3) is 0.222. The van der Waals surface area contributed by atoms with Crippen molar-refractivity contribution in [2.45, 2.75) is 17.2 Å². The Morgan fingerprint density at radius 3 is 2.25 bits per heavy atom. The van der Waals surface area contributed by atoms with E-state index in [2.05, 4.69) is 0 Å². The van der Waals surface area contributed by atoms with Crippen molar-refractivity contribution in [3.63, 3.8) is 0 Å². The molecule has 0 saturated carbocycles. The summed E-state index contributed by atoms with van der Waals surface area (Å²) in [5.41, 5.74) is -0.628.